The Morgan fingerprint density at radius 2 is 0.821 bits per heavy atom. The van der Waals surface area contributed by atoms with Crippen molar-refractivity contribution in [2.24, 2.45) is 0 Å². The van der Waals surface area contributed by atoms with Crippen molar-refractivity contribution in [2.75, 3.05) is 4.90 Å². The van der Waals surface area contributed by atoms with E-state index in [-0.39, 0.29) is 5.41 Å². The number of thiophene rings is 1. The van der Waals surface area contributed by atoms with Gasteiger partial charge in [-0.15, -0.1) is 11.3 Å². The number of fused-ring (bicyclic) bond motifs is 15. The Morgan fingerprint density at radius 3 is 1.54 bits per heavy atom. The fraction of sp³-hybridized carbons (Fsp3) is 0.0400. The van der Waals surface area contributed by atoms with Crippen LogP contribution in [0.5, 0.6) is 0 Å². The summed E-state index contributed by atoms with van der Waals surface area (Å²) in [6.07, 6.45) is 0. The molecule has 2 nitrogen and oxygen atoms in total. The van der Waals surface area contributed by atoms with Gasteiger partial charge in [-0.2, -0.15) is 0 Å². The van der Waals surface area contributed by atoms with E-state index in [1.165, 1.54) is 136 Å². The van der Waals surface area contributed by atoms with Crippen LogP contribution >= 0.6 is 11.3 Å². The minimum absolute atomic E-state index is 0.0822. The average molecular weight is 1010 g/mol. The van der Waals surface area contributed by atoms with E-state index in [9.17, 15) is 0 Å². The molecular weight excluding hydrogens is 961 g/mol. The Bertz CT molecular complexity index is 4890. The normalized spacial score (nSPS) is 12.8. The van der Waals surface area contributed by atoms with Gasteiger partial charge in [0.1, 0.15) is 0 Å². The number of nitrogens with zero attached hydrogens (tertiary/aromatic N) is 2. The third-order valence-electron chi connectivity index (χ3n) is 17.0. The first-order valence-electron chi connectivity index (χ1n) is 27.1. The van der Waals surface area contributed by atoms with E-state index < -0.39 is 0 Å². The highest BCUT2D eigenvalue weighted by atomic mass is 32.1. The summed E-state index contributed by atoms with van der Waals surface area (Å²) < 4.78 is 5.01. The molecule has 2 aromatic heterocycles. The van der Waals surface area contributed by atoms with E-state index in [0.29, 0.717) is 0 Å². The number of hydrogen-bond acceptors (Lipinski definition) is 2. The van der Waals surface area contributed by atoms with Crippen LogP contribution in [0.4, 0.5) is 17.1 Å². The summed E-state index contributed by atoms with van der Waals surface area (Å²) in [6.45, 7) is 4.73. The minimum atomic E-state index is -0.0822. The van der Waals surface area contributed by atoms with Gasteiger partial charge in [0, 0.05) is 48.7 Å². The van der Waals surface area contributed by atoms with Crippen molar-refractivity contribution in [3.8, 4) is 50.2 Å². The van der Waals surface area contributed by atoms with Crippen molar-refractivity contribution in [1.82, 2.24) is 4.57 Å². The van der Waals surface area contributed by atoms with E-state index >= 15 is 0 Å². The largest absolute Gasteiger partial charge is 0.309 e. The molecule has 0 aliphatic heterocycles. The molecule has 1 aliphatic carbocycles. The highest BCUT2D eigenvalue weighted by Gasteiger charge is 2.35. The van der Waals surface area contributed by atoms with Crippen LogP contribution in [0, 0.1) is 0 Å². The molecule has 366 valence electrons. The molecule has 0 atom stereocenters. The fourth-order valence-corrected chi connectivity index (χ4v) is 14.4. The number of rotatable bonds is 7. The van der Waals surface area contributed by atoms with E-state index in [4.69, 9.17) is 0 Å². The van der Waals surface area contributed by atoms with Gasteiger partial charge in [-0.05, 0) is 167 Å². The maximum absolute atomic E-state index is 2.48. The summed E-state index contributed by atoms with van der Waals surface area (Å²) >= 11 is 1.87. The molecule has 0 fully saturated rings. The Kier molecular flexibility index (Phi) is 9.89. The van der Waals surface area contributed by atoms with Crippen LogP contribution in [0.15, 0.2) is 267 Å². The van der Waals surface area contributed by atoms with Crippen LogP contribution in [0.3, 0.4) is 0 Å². The van der Waals surface area contributed by atoms with Crippen LogP contribution in [0.1, 0.15) is 25.0 Å². The van der Waals surface area contributed by atoms with Gasteiger partial charge in [0.25, 0.3) is 0 Å². The second-order valence-corrected chi connectivity index (χ2v) is 22.7. The summed E-state index contributed by atoms with van der Waals surface area (Å²) in [5.74, 6) is 0. The summed E-state index contributed by atoms with van der Waals surface area (Å²) in [4.78, 5) is 2.48. The molecule has 0 bridgehead atoms. The molecule has 16 rings (SSSR count). The van der Waals surface area contributed by atoms with Crippen LogP contribution in [-0.2, 0) is 5.41 Å². The second kappa shape index (κ2) is 17.2. The third kappa shape index (κ3) is 6.81. The van der Waals surface area contributed by atoms with Crippen molar-refractivity contribution in [3.05, 3.63) is 278 Å². The van der Waals surface area contributed by atoms with Gasteiger partial charge in [-0.25, -0.2) is 0 Å². The van der Waals surface area contributed by atoms with Gasteiger partial charge in [0.15, 0.2) is 0 Å². The molecule has 0 amide bonds. The molecule has 0 saturated carbocycles. The molecule has 3 heteroatoms. The van der Waals surface area contributed by atoms with Crippen molar-refractivity contribution in [3.63, 3.8) is 0 Å². The summed E-state index contributed by atoms with van der Waals surface area (Å²) in [7, 11) is 0. The lowest BCUT2D eigenvalue weighted by molar-refractivity contribution is 0.660. The minimum Gasteiger partial charge on any atom is -0.309 e. The van der Waals surface area contributed by atoms with Crippen LogP contribution < -0.4 is 4.90 Å². The third-order valence-corrected chi connectivity index (χ3v) is 18.2. The van der Waals surface area contributed by atoms with Gasteiger partial charge in [0.05, 0.1) is 21.4 Å². The standard InChI is InChI=1S/C75H50N2S/c1-75(2)68-24-12-10-21-61(68)62-39-31-52(45-69(62)75)51-33-42-71-67(44-51)66-43-50(32-41-70(66)77(71)54-36-27-48(28-37-54)47-15-4-3-5-16-47)49-29-34-53(35-30-49)76(72-25-14-23-64-63-22-11-13-26-73(63)78-74(64)72)55-38-40-60-58-19-7-6-17-56(58)57-18-8-9-20-59(57)65(60)46-55/h3-46H,1-2H3. The van der Waals surface area contributed by atoms with Crippen LogP contribution in [-0.4, -0.2) is 4.57 Å². The topological polar surface area (TPSA) is 8.17 Å². The lowest BCUT2D eigenvalue weighted by Gasteiger charge is -2.27. The van der Waals surface area contributed by atoms with Crippen molar-refractivity contribution < 1.29 is 0 Å². The predicted molar refractivity (Wildman–Crippen MR) is 335 cm³/mol. The lowest BCUT2D eigenvalue weighted by Crippen LogP contribution is -2.14. The molecule has 78 heavy (non-hydrogen) atoms. The number of benzene rings is 13. The van der Waals surface area contributed by atoms with Gasteiger partial charge in [-0.3, -0.25) is 0 Å². The maximum atomic E-state index is 2.48. The molecule has 0 radical (unpaired) electrons. The summed E-state index contributed by atoms with van der Waals surface area (Å²) in [6, 6.07) is 99.5. The summed E-state index contributed by atoms with van der Waals surface area (Å²) in [5.41, 5.74) is 19.5. The average Bonchev–Trinajstić information content (AvgIpc) is 4.28. The second-order valence-electron chi connectivity index (χ2n) is 21.6. The van der Waals surface area contributed by atoms with Crippen LogP contribution in [0.2, 0.25) is 0 Å². The van der Waals surface area contributed by atoms with Gasteiger partial charge < -0.3 is 9.47 Å². The van der Waals surface area contributed by atoms with E-state index in [1.54, 1.807) is 0 Å². The molecule has 0 spiro atoms. The predicted octanol–water partition coefficient (Wildman–Crippen LogP) is 21.4. The highest BCUT2D eigenvalue weighted by Crippen LogP contribution is 2.51. The lowest BCUT2D eigenvalue weighted by atomic mass is 9.81. The van der Waals surface area contributed by atoms with Crippen molar-refractivity contribution in [2.45, 2.75) is 19.3 Å². The zero-order valence-corrected chi connectivity index (χ0v) is 44.0. The van der Waals surface area contributed by atoms with Crippen molar-refractivity contribution in [1.29, 1.82) is 0 Å². The number of anilines is 3. The Balaban J connectivity index is 0.849. The Labute approximate surface area is 457 Å². The summed E-state index contributed by atoms with van der Waals surface area (Å²) in [5, 5.41) is 12.6. The first kappa shape index (κ1) is 44.7. The molecule has 13 aromatic carbocycles. The smallest absolute Gasteiger partial charge is 0.0640 e. The molecule has 0 N–H and O–H groups in total. The van der Waals surface area contributed by atoms with Gasteiger partial charge in [0.2, 0.25) is 0 Å². The zero-order chi connectivity index (χ0) is 51.6. The number of aromatic nitrogens is 1. The first-order chi connectivity index (χ1) is 38.4. The van der Waals surface area contributed by atoms with E-state index in [2.05, 4.69) is 290 Å². The van der Waals surface area contributed by atoms with Gasteiger partial charge in [-0.1, -0.05) is 202 Å². The molecule has 0 saturated heterocycles. The molecular formula is C75H50N2S. The van der Waals surface area contributed by atoms with E-state index in [0.717, 1.165) is 17.1 Å². The molecule has 2 heterocycles. The first-order valence-corrected chi connectivity index (χ1v) is 27.9. The quantitative estimate of drug-likeness (QED) is 0.144. The zero-order valence-electron chi connectivity index (χ0n) is 43.2. The molecule has 1 aliphatic rings. The molecule has 15 aromatic rings. The Hall–Kier alpha value is -9.54. The molecule has 0 unspecified atom stereocenters. The van der Waals surface area contributed by atoms with Crippen LogP contribution in [0.25, 0.3) is 124 Å². The number of hydrogen-bond donors (Lipinski definition) is 0. The fourth-order valence-electron chi connectivity index (χ4n) is 13.2. The maximum Gasteiger partial charge on any atom is 0.0640 e. The SMILES string of the molecule is CC1(C)c2ccccc2-c2ccc(-c3ccc4c(c3)c3cc(-c5ccc(N(c6ccc7c8ccccc8c8ccccc8c7c6)c6cccc7c6sc6ccccc67)cc5)ccc3n4-c3ccc(-c4ccccc4)cc3)cc21. The van der Waals surface area contributed by atoms with Gasteiger partial charge >= 0.3 is 0 Å². The van der Waals surface area contributed by atoms with E-state index in [1.807, 2.05) is 11.3 Å². The monoisotopic (exact) mass is 1010 g/mol. The van der Waals surface area contributed by atoms with Crippen molar-refractivity contribution >= 4 is 103 Å². The highest BCUT2D eigenvalue weighted by molar-refractivity contribution is 7.26. The Morgan fingerprint density at radius 1 is 0.321 bits per heavy atom.